The highest BCUT2D eigenvalue weighted by Crippen LogP contribution is 2.52. The van der Waals surface area contributed by atoms with Crippen molar-refractivity contribution in [2.24, 2.45) is 5.92 Å². The third-order valence-electron chi connectivity index (χ3n) is 6.16. The van der Waals surface area contributed by atoms with E-state index in [9.17, 15) is 4.79 Å². The van der Waals surface area contributed by atoms with Crippen LogP contribution in [0.3, 0.4) is 0 Å². The largest absolute Gasteiger partial charge is 0.493 e. The van der Waals surface area contributed by atoms with Crippen molar-refractivity contribution < 1.29 is 14.3 Å². The number of carbonyl (C=O) groups is 1. The summed E-state index contributed by atoms with van der Waals surface area (Å²) in [6.45, 7) is 9.60. The van der Waals surface area contributed by atoms with Gasteiger partial charge in [-0.05, 0) is 41.3 Å². The van der Waals surface area contributed by atoms with Crippen LogP contribution in [0.5, 0.6) is 11.5 Å². The summed E-state index contributed by atoms with van der Waals surface area (Å²) in [5, 5.41) is 3.25. The van der Waals surface area contributed by atoms with E-state index in [0.717, 1.165) is 17.0 Å². The number of benzene rings is 2. The van der Waals surface area contributed by atoms with Crippen LogP contribution in [0.15, 0.2) is 48.5 Å². The number of amides is 1. The molecule has 4 rings (SSSR count). The number of nitrogens with one attached hydrogen (secondary N) is 1. The van der Waals surface area contributed by atoms with Gasteiger partial charge in [0.2, 0.25) is 5.91 Å². The summed E-state index contributed by atoms with van der Waals surface area (Å²) < 4.78 is 11.4. The third kappa shape index (κ3) is 3.13. The lowest BCUT2D eigenvalue weighted by Crippen LogP contribution is -2.58. The molecular formula is C25H30N2O3. The fourth-order valence-corrected chi connectivity index (χ4v) is 4.52. The maximum Gasteiger partial charge on any atom is 0.241 e. The van der Waals surface area contributed by atoms with Gasteiger partial charge in [-0.25, -0.2) is 0 Å². The average Bonchev–Trinajstić information content (AvgIpc) is 3.15. The molecule has 2 aromatic rings. The van der Waals surface area contributed by atoms with E-state index in [1.807, 2.05) is 24.3 Å². The molecule has 1 saturated heterocycles. The Balaban J connectivity index is 1.68. The SMILES string of the molecule is COc1cc(C=C[C@@]23NC(=O)CN2c2ccccc2C3(C)C)ccc1OCC(C)C. The second-order valence-corrected chi connectivity index (χ2v) is 8.99. The van der Waals surface area contributed by atoms with E-state index in [1.54, 1.807) is 7.11 Å². The van der Waals surface area contributed by atoms with E-state index in [2.05, 4.69) is 68.3 Å². The smallest absolute Gasteiger partial charge is 0.241 e. The third-order valence-corrected chi connectivity index (χ3v) is 6.16. The summed E-state index contributed by atoms with van der Waals surface area (Å²) in [5.41, 5.74) is 2.46. The lowest BCUT2D eigenvalue weighted by molar-refractivity contribution is -0.118. The first kappa shape index (κ1) is 20.3. The Hall–Kier alpha value is -2.95. The van der Waals surface area contributed by atoms with Crippen molar-refractivity contribution in [3.8, 4) is 11.5 Å². The number of ether oxygens (including phenoxy) is 2. The van der Waals surface area contributed by atoms with Crippen LogP contribution in [0.25, 0.3) is 6.08 Å². The van der Waals surface area contributed by atoms with Gasteiger partial charge in [-0.15, -0.1) is 0 Å². The summed E-state index contributed by atoms with van der Waals surface area (Å²) in [6.07, 6.45) is 4.17. The van der Waals surface area contributed by atoms with Crippen LogP contribution in [0, 0.1) is 5.92 Å². The minimum Gasteiger partial charge on any atom is -0.493 e. The van der Waals surface area contributed by atoms with Crippen LogP contribution in [0.1, 0.15) is 38.8 Å². The fourth-order valence-electron chi connectivity index (χ4n) is 4.52. The number of carbonyl (C=O) groups excluding carboxylic acids is 1. The van der Waals surface area contributed by atoms with Crippen molar-refractivity contribution in [1.82, 2.24) is 5.32 Å². The van der Waals surface area contributed by atoms with E-state index in [4.69, 9.17) is 9.47 Å². The molecule has 2 aromatic carbocycles. The summed E-state index contributed by atoms with van der Waals surface area (Å²) >= 11 is 0. The molecule has 158 valence electrons. The van der Waals surface area contributed by atoms with Crippen molar-refractivity contribution in [1.29, 1.82) is 0 Å². The number of methoxy groups -OCH3 is 1. The first-order valence-electron chi connectivity index (χ1n) is 10.5. The van der Waals surface area contributed by atoms with Crippen molar-refractivity contribution in [2.75, 3.05) is 25.2 Å². The number of nitrogens with zero attached hydrogens (tertiary/aromatic N) is 1. The highest BCUT2D eigenvalue weighted by atomic mass is 16.5. The molecule has 0 saturated carbocycles. The molecule has 1 fully saturated rings. The molecule has 1 N–H and O–H groups in total. The van der Waals surface area contributed by atoms with Gasteiger partial charge in [0.1, 0.15) is 5.66 Å². The Morgan fingerprint density at radius 3 is 2.67 bits per heavy atom. The minimum absolute atomic E-state index is 0.0391. The van der Waals surface area contributed by atoms with Gasteiger partial charge in [-0.1, -0.05) is 58.0 Å². The van der Waals surface area contributed by atoms with E-state index >= 15 is 0 Å². The average molecular weight is 407 g/mol. The van der Waals surface area contributed by atoms with Crippen LogP contribution in [0.2, 0.25) is 0 Å². The highest BCUT2D eigenvalue weighted by molar-refractivity contribution is 5.91. The quantitative estimate of drug-likeness (QED) is 0.774. The standard InChI is InChI=1S/C25H30N2O3/c1-17(2)16-30-21-11-10-18(14-22(21)29-5)12-13-25-24(3,4)19-8-6-7-9-20(19)27(25)15-23(28)26-25/h6-14,17H,15-16H2,1-5H3,(H,26,28)/t25-/m1/s1. The lowest BCUT2D eigenvalue weighted by atomic mass is 9.75. The van der Waals surface area contributed by atoms with Gasteiger partial charge in [0.05, 0.1) is 20.3 Å². The topological polar surface area (TPSA) is 50.8 Å². The van der Waals surface area contributed by atoms with E-state index in [-0.39, 0.29) is 11.3 Å². The van der Waals surface area contributed by atoms with Crippen LogP contribution in [-0.2, 0) is 10.2 Å². The molecule has 0 bridgehead atoms. The van der Waals surface area contributed by atoms with Crippen LogP contribution in [-0.4, -0.2) is 31.8 Å². The normalized spacial score (nSPS) is 21.7. The first-order chi connectivity index (χ1) is 14.3. The van der Waals surface area contributed by atoms with Gasteiger partial charge >= 0.3 is 0 Å². The van der Waals surface area contributed by atoms with Crippen molar-refractivity contribution in [3.63, 3.8) is 0 Å². The van der Waals surface area contributed by atoms with E-state index < -0.39 is 5.66 Å². The summed E-state index contributed by atoms with van der Waals surface area (Å²) in [4.78, 5) is 14.6. The summed E-state index contributed by atoms with van der Waals surface area (Å²) in [5.74, 6) is 1.93. The molecule has 2 aliphatic heterocycles. The molecule has 5 nitrogen and oxygen atoms in total. The predicted octanol–water partition coefficient (Wildman–Crippen LogP) is 4.37. The molecule has 1 atom stereocenters. The van der Waals surface area contributed by atoms with Gasteiger partial charge in [0, 0.05) is 11.1 Å². The van der Waals surface area contributed by atoms with Gasteiger partial charge in [0.15, 0.2) is 11.5 Å². The lowest BCUT2D eigenvalue weighted by Gasteiger charge is -2.40. The summed E-state index contributed by atoms with van der Waals surface area (Å²) in [6, 6.07) is 14.3. The fraction of sp³-hybridized carbons (Fsp3) is 0.400. The van der Waals surface area contributed by atoms with Gasteiger partial charge in [0.25, 0.3) is 0 Å². The molecular weight excluding hydrogens is 376 g/mol. The van der Waals surface area contributed by atoms with Crippen LogP contribution < -0.4 is 19.7 Å². The first-order valence-corrected chi connectivity index (χ1v) is 10.5. The summed E-state index contributed by atoms with van der Waals surface area (Å²) in [7, 11) is 1.65. The number of fused-ring (bicyclic) bond motifs is 3. The van der Waals surface area contributed by atoms with Gasteiger partial charge < -0.3 is 19.7 Å². The van der Waals surface area contributed by atoms with Gasteiger partial charge in [-0.2, -0.15) is 0 Å². The zero-order chi connectivity index (χ0) is 21.5. The second-order valence-electron chi connectivity index (χ2n) is 8.99. The number of para-hydroxylation sites is 1. The van der Waals surface area contributed by atoms with E-state index in [1.165, 1.54) is 5.56 Å². The molecule has 1 amide bonds. The number of hydrogen-bond donors (Lipinski definition) is 1. The number of rotatable bonds is 6. The predicted molar refractivity (Wildman–Crippen MR) is 120 cm³/mol. The molecule has 5 heteroatoms. The molecule has 30 heavy (non-hydrogen) atoms. The molecule has 2 heterocycles. The monoisotopic (exact) mass is 406 g/mol. The molecule has 0 aromatic heterocycles. The Bertz CT molecular complexity index is 996. The van der Waals surface area contributed by atoms with Crippen molar-refractivity contribution in [3.05, 3.63) is 59.7 Å². The Morgan fingerprint density at radius 1 is 1.17 bits per heavy atom. The maximum atomic E-state index is 12.4. The van der Waals surface area contributed by atoms with Gasteiger partial charge in [-0.3, -0.25) is 4.79 Å². The molecule has 0 spiro atoms. The minimum atomic E-state index is -0.603. The van der Waals surface area contributed by atoms with Crippen LogP contribution >= 0.6 is 0 Å². The number of anilines is 1. The maximum absolute atomic E-state index is 12.4. The van der Waals surface area contributed by atoms with Crippen molar-refractivity contribution >= 4 is 17.7 Å². The number of hydrogen-bond acceptors (Lipinski definition) is 4. The highest BCUT2D eigenvalue weighted by Gasteiger charge is 2.59. The Labute approximate surface area is 178 Å². The molecule has 0 radical (unpaired) electrons. The molecule has 2 aliphatic rings. The van der Waals surface area contributed by atoms with E-state index in [0.29, 0.717) is 24.8 Å². The van der Waals surface area contributed by atoms with Crippen molar-refractivity contribution in [2.45, 2.75) is 38.8 Å². The molecule has 0 unspecified atom stereocenters. The zero-order valence-electron chi connectivity index (χ0n) is 18.4. The Morgan fingerprint density at radius 2 is 1.93 bits per heavy atom. The second kappa shape index (κ2) is 7.38. The Kier molecular flexibility index (Phi) is 5.00. The van der Waals surface area contributed by atoms with Crippen LogP contribution in [0.4, 0.5) is 5.69 Å². The molecule has 0 aliphatic carbocycles. The zero-order valence-corrected chi connectivity index (χ0v) is 18.4.